The zero-order valence-corrected chi connectivity index (χ0v) is 17.9. The van der Waals surface area contributed by atoms with Crippen LogP contribution in [0.1, 0.15) is 29.4 Å². The quantitative estimate of drug-likeness (QED) is 0.309. The summed E-state index contributed by atoms with van der Waals surface area (Å²) in [6.07, 6.45) is 2.16. The number of nitriles is 1. The molecule has 0 fully saturated rings. The SMILES string of the molecule is CCc1nn(-c2ccc(C=NNc3nc(-c4ccccc4)c(C#N)c(=O)[nH]3)c(O)c2)nc1C. The van der Waals surface area contributed by atoms with Crippen LogP contribution in [0.15, 0.2) is 58.4 Å². The van der Waals surface area contributed by atoms with Crippen molar-refractivity contribution in [3.05, 3.63) is 81.4 Å². The Morgan fingerprint density at radius 3 is 2.70 bits per heavy atom. The first-order valence-electron chi connectivity index (χ1n) is 10.1. The van der Waals surface area contributed by atoms with Crippen LogP contribution in [0.3, 0.4) is 0 Å². The second-order valence-corrected chi connectivity index (χ2v) is 7.10. The molecule has 3 N–H and O–H groups in total. The van der Waals surface area contributed by atoms with Crippen LogP contribution in [-0.2, 0) is 6.42 Å². The van der Waals surface area contributed by atoms with Gasteiger partial charge in [0.15, 0.2) is 0 Å². The molecular formula is C23H20N8O2. The summed E-state index contributed by atoms with van der Waals surface area (Å²) in [5.74, 6) is 0.0471. The number of H-pyrrole nitrogens is 1. The number of aromatic hydroxyl groups is 1. The number of anilines is 1. The Bertz CT molecular complexity index is 1430. The second-order valence-electron chi connectivity index (χ2n) is 7.10. The average molecular weight is 440 g/mol. The first-order chi connectivity index (χ1) is 16.0. The zero-order valence-electron chi connectivity index (χ0n) is 17.9. The van der Waals surface area contributed by atoms with Crippen LogP contribution < -0.4 is 11.0 Å². The van der Waals surface area contributed by atoms with Gasteiger partial charge in [-0.05, 0) is 25.5 Å². The summed E-state index contributed by atoms with van der Waals surface area (Å²) < 4.78 is 0. The van der Waals surface area contributed by atoms with Gasteiger partial charge in [-0.1, -0.05) is 37.3 Å². The molecule has 2 heterocycles. The highest BCUT2D eigenvalue weighted by atomic mass is 16.3. The number of benzene rings is 2. The van der Waals surface area contributed by atoms with E-state index in [1.165, 1.54) is 17.1 Å². The molecule has 10 heteroatoms. The number of aryl methyl sites for hydroxylation is 2. The molecule has 2 aromatic heterocycles. The number of aromatic amines is 1. The standard InChI is InChI=1S/C23H20N8O2/c1-3-19-14(2)29-31(30-19)17-10-9-16(20(32)11-17)13-25-28-23-26-21(15-7-5-4-6-8-15)18(12-24)22(33)27-23/h4-11,13,32H,3H2,1-2H3,(H2,26,27,28,33). The van der Waals surface area contributed by atoms with E-state index in [-0.39, 0.29) is 23.0 Å². The zero-order chi connectivity index (χ0) is 23.4. The molecule has 33 heavy (non-hydrogen) atoms. The Morgan fingerprint density at radius 2 is 2.03 bits per heavy atom. The molecule has 0 aliphatic carbocycles. The summed E-state index contributed by atoms with van der Waals surface area (Å²) >= 11 is 0. The highest BCUT2D eigenvalue weighted by Crippen LogP contribution is 2.21. The summed E-state index contributed by atoms with van der Waals surface area (Å²) in [4.78, 5) is 20.6. The van der Waals surface area contributed by atoms with Gasteiger partial charge in [0.2, 0.25) is 5.95 Å². The van der Waals surface area contributed by atoms with E-state index in [4.69, 9.17) is 0 Å². The van der Waals surface area contributed by atoms with Gasteiger partial charge in [-0.25, -0.2) is 10.4 Å². The molecule has 2 aromatic carbocycles. The summed E-state index contributed by atoms with van der Waals surface area (Å²) in [7, 11) is 0. The van der Waals surface area contributed by atoms with E-state index < -0.39 is 5.56 Å². The fourth-order valence-electron chi connectivity index (χ4n) is 3.21. The Hall–Kier alpha value is -4.78. The first-order valence-corrected chi connectivity index (χ1v) is 10.1. The van der Waals surface area contributed by atoms with Gasteiger partial charge in [0.05, 0.1) is 29.0 Å². The maximum Gasteiger partial charge on any atom is 0.270 e. The number of phenols is 1. The Kier molecular flexibility index (Phi) is 5.95. The monoisotopic (exact) mass is 440 g/mol. The third kappa shape index (κ3) is 4.47. The molecule has 4 rings (SSSR count). The van der Waals surface area contributed by atoms with E-state index in [2.05, 4.69) is 30.7 Å². The Labute approximate surface area is 188 Å². The van der Waals surface area contributed by atoms with Crippen molar-refractivity contribution in [2.75, 3.05) is 5.43 Å². The molecule has 0 atom stereocenters. The molecule has 0 unspecified atom stereocenters. The third-order valence-corrected chi connectivity index (χ3v) is 4.91. The largest absolute Gasteiger partial charge is 0.507 e. The molecule has 4 aromatic rings. The molecule has 0 saturated heterocycles. The van der Waals surface area contributed by atoms with Crippen LogP contribution in [0.25, 0.3) is 16.9 Å². The van der Waals surface area contributed by atoms with Gasteiger partial charge in [0, 0.05) is 17.2 Å². The number of rotatable bonds is 6. The predicted molar refractivity (Wildman–Crippen MR) is 123 cm³/mol. The number of nitrogens with one attached hydrogen (secondary N) is 2. The van der Waals surface area contributed by atoms with Gasteiger partial charge in [-0.15, -0.1) is 0 Å². The molecule has 0 amide bonds. The van der Waals surface area contributed by atoms with Gasteiger partial charge in [-0.2, -0.15) is 25.4 Å². The number of aromatic nitrogens is 5. The van der Waals surface area contributed by atoms with E-state index in [1.54, 1.807) is 36.4 Å². The predicted octanol–water partition coefficient (Wildman–Crippen LogP) is 2.91. The van der Waals surface area contributed by atoms with Crippen molar-refractivity contribution in [1.29, 1.82) is 5.26 Å². The normalized spacial score (nSPS) is 10.9. The molecule has 0 radical (unpaired) electrons. The summed E-state index contributed by atoms with van der Waals surface area (Å²) in [6.45, 7) is 3.89. The lowest BCUT2D eigenvalue weighted by Gasteiger charge is -2.06. The summed E-state index contributed by atoms with van der Waals surface area (Å²) in [6, 6.07) is 15.8. The fraction of sp³-hybridized carbons (Fsp3) is 0.130. The molecule has 10 nitrogen and oxygen atoms in total. The van der Waals surface area contributed by atoms with E-state index in [0.717, 1.165) is 17.8 Å². The number of hydrogen-bond donors (Lipinski definition) is 3. The summed E-state index contributed by atoms with van der Waals surface area (Å²) in [5.41, 5.74) is 5.64. The highest BCUT2D eigenvalue weighted by molar-refractivity contribution is 5.84. The molecule has 0 saturated carbocycles. The van der Waals surface area contributed by atoms with Gasteiger partial charge in [0.25, 0.3) is 5.56 Å². The number of phenolic OH excluding ortho intramolecular Hbond substituents is 1. The van der Waals surface area contributed by atoms with E-state index in [9.17, 15) is 15.2 Å². The fourth-order valence-corrected chi connectivity index (χ4v) is 3.21. The number of hydrogen-bond acceptors (Lipinski definition) is 8. The van der Waals surface area contributed by atoms with Crippen molar-refractivity contribution in [2.45, 2.75) is 20.3 Å². The second kappa shape index (κ2) is 9.15. The lowest BCUT2D eigenvalue weighted by molar-refractivity contribution is 0.473. The molecule has 164 valence electrons. The van der Waals surface area contributed by atoms with Crippen molar-refractivity contribution in [3.8, 4) is 28.8 Å². The smallest absolute Gasteiger partial charge is 0.270 e. The van der Waals surface area contributed by atoms with Gasteiger partial charge < -0.3 is 5.11 Å². The molecule has 0 spiro atoms. The minimum absolute atomic E-state index is 0.0164. The van der Waals surface area contributed by atoms with Crippen LogP contribution in [0.5, 0.6) is 5.75 Å². The van der Waals surface area contributed by atoms with Crippen LogP contribution in [0, 0.1) is 18.3 Å². The maximum absolute atomic E-state index is 12.3. The van der Waals surface area contributed by atoms with Crippen molar-refractivity contribution >= 4 is 12.2 Å². The van der Waals surface area contributed by atoms with E-state index in [1.807, 2.05) is 26.0 Å². The lowest BCUT2D eigenvalue weighted by atomic mass is 10.1. The van der Waals surface area contributed by atoms with Gasteiger partial charge in [0.1, 0.15) is 17.4 Å². The number of hydrazone groups is 1. The van der Waals surface area contributed by atoms with Crippen LogP contribution >= 0.6 is 0 Å². The molecule has 0 aliphatic heterocycles. The topological polar surface area (TPSA) is 145 Å². The minimum Gasteiger partial charge on any atom is -0.507 e. The van der Waals surface area contributed by atoms with Crippen molar-refractivity contribution in [1.82, 2.24) is 25.0 Å². The van der Waals surface area contributed by atoms with Gasteiger partial charge >= 0.3 is 0 Å². The van der Waals surface area contributed by atoms with Crippen LogP contribution in [0.4, 0.5) is 5.95 Å². The lowest BCUT2D eigenvalue weighted by Crippen LogP contribution is -2.16. The average Bonchev–Trinajstić information content (AvgIpc) is 3.21. The Balaban J connectivity index is 1.56. The van der Waals surface area contributed by atoms with Crippen molar-refractivity contribution in [3.63, 3.8) is 0 Å². The molecular weight excluding hydrogens is 420 g/mol. The first kappa shape index (κ1) is 21.5. The molecule has 0 aliphatic rings. The molecule has 0 bridgehead atoms. The third-order valence-electron chi connectivity index (χ3n) is 4.91. The highest BCUT2D eigenvalue weighted by Gasteiger charge is 2.13. The maximum atomic E-state index is 12.3. The van der Waals surface area contributed by atoms with Gasteiger partial charge in [-0.3, -0.25) is 9.78 Å². The number of nitrogens with zero attached hydrogens (tertiary/aromatic N) is 6. The van der Waals surface area contributed by atoms with Crippen LogP contribution in [-0.4, -0.2) is 36.3 Å². The van der Waals surface area contributed by atoms with Crippen molar-refractivity contribution < 1.29 is 5.11 Å². The minimum atomic E-state index is -0.579. The van der Waals surface area contributed by atoms with E-state index >= 15 is 0 Å². The van der Waals surface area contributed by atoms with E-state index in [0.29, 0.717) is 16.8 Å². The van der Waals surface area contributed by atoms with Crippen molar-refractivity contribution in [2.24, 2.45) is 5.10 Å². The Morgan fingerprint density at radius 1 is 1.24 bits per heavy atom. The summed E-state index contributed by atoms with van der Waals surface area (Å²) in [5, 5.41) is 32.6. The van der Waals surface area contributed by atoms with Crippen LogP contribution in [0.2, 0.25) is 0 Å².